The Hall–Kier alpha value is 0.380. The fraction of sp³-hybridized carbons (Fsp3) is 0.500. The van der Waals surface area contributed by atoms with Gasteiger partial charge in [-0.2, -0.15) is 8.78 Å². The predicted molar refractivity (Wildman–Crippen MR) is 59.4 cm³/mol. The molecule has 0 nitrogen and oxygen atoms in total. The summed E-state index contributed by atoms with van der Waals surface area (Å²) in [4.78, 5) is -0.691. The van der Waals surface area contributed by atoms with E-state index in [4.69, 9.17) is 0 Å². The standard InChI is InChI=1S/C8H6Br2F4S/c1-3-4(9)2-5(15-3)6(10)8(13,14)7(11)12/h2,6-7H,1H3. The van der Waals surface area contributed by atoms with Gasteiger partial charge in [0.2, 0.25) is 0 Å². The lowest BCUT2D eigenvalue weighted by atomic mass is 10.2. The predicted octanol–water partition coefficient (Wildman–Crippen LogP) is 5.16. The normalized spacial score (nSPS) is 14.7. The summed E-state index contributed by atoms with van der Waals surface area (Å²) in [5, 5.41) is 0. The molecule has 1 aromatic heterocycles. The number of rotatable bonds is 3. The molecule has 86 valence electrons. The van der Waals surface area contributed by atoms with Crippen LogP contribution in [0.15, 0.2) is 10.5 Å². The molecule has 0 aliphatic heterocycles. The Labute approximate surface area is 105 Å². The largest absolute Gasteiger partial charge is 0.324 e. The maximum absolute atomic E-state index is 13.0. The molecule has 0 bridgehead atoms. The highest BCUT2D eigenvalue weighted by molar-refractivity contribution is 9.10. The molecule has 1 heterocycles. The molecular formula is C8H6Br2F4S. The van der Waals surface area contributed by atoms with Crippen molar-refractivity contribution in [2.75, 3.05) is 0 Å². The van der Waals surface area contributed by atoms with Crippen molar-refractivity contribution in [3.05, 3.63) is 20.3 Å². The number of alkyl halides is 5. The summed E-state index contributed by atoms with van der Waals surface area (Å²) in [5.41, 5.74) is 0. The minimum atomic E-state index is -4.06. The van der Waals surface area contributed by atoms with Crippen molar-refractivity contribution in [3.63, 3.8) is 0 Å². The van der Waals surface area contributed by atoms with E-state index in [1.54, 1.807) is 6.92 Å². The third-order valence-corrected chi connectivity index (χ3v) is 5.36. The first kappa shape index (κ1) is 13.4. The smallest absolute Gasteiger partial charge is 0.204 e. The Morgan fingerprint density at radius 1 is 1.40 bits per heavy atom. The molecule has 1 rings (SSSR count). The zero-order chi connectivity index (χ0) is 11.8. The molecule has 0 amide bonds. The van der Waals surface area contributed by atoms with Crippen LogP contribution in [0.2, 0.25) is 0 Å². The molecule has 0 aliphatic rings. The zero-order valence-electron chi connectivity index (χ0n) is 7.41. The number of aryl methyl sites for hydroxylation is 1. The molecule has 0 saturated carbocycles. The first-order chi connectivity index (χ1) is 6.76. The number of hydrogen-bond acceptors (Lipinski definition) is 1. The Morgan fingerprint density at radius 2 is 1.93 bits per heavy atom. The lowest BCUT2D eigenvalue weighted by Crippen LogP contribution is -2.30. The highest BCUT2D eigenvalue weighted by atomic mass is 79.9. The summed E-state index contributed by atoms with van der Waals surface area (Å²) >= 11 is 6.82. The van der Waals surface area contributed by atoms with Gasteiger partial charge in [-0.1, -0.05) is 15.9 Å². The average molecular weight is 370 g/mol. The van der Waals surface area contributed by atoms with Crippen LogP contribution in [-0.2, 0) is 0 Å². The molecule has 0 saturated heterocycles. The molecule has 0 aromatic carbocycles. The van der Waals surface area contributed by atoms with Gasteiger partial charge in [0.05, 0.1) is 0 Å². The molecular weight excluding hydrogens is 364 g/mol. The second-order valence-electron chi connectivity index (χ2n) is 2.89. The molecule has 0 N–H and O–H groups in total. The molecule has 0 fully saturated rings. The molecule has 15 heavy (non-hydrogen) atoms. The first-order valence-corrected chi connectivity index (χ1v) is 6.35. The van der Waals surface area contributed by atoms with Gasteiger partial charge in [-0.3, -0.25) is 0 Å². The van der Waals surface area contributed by atoms with Gasteiger partial charge in [0.1, 0.15) is 4.83 Å². The van der Waals surface area contributed by atoms with Gasteiger partial charge >= 0.3 is 12.3 Å². The van der Waals surface area contributed by atoms with Crippen molar-refractivity contribution in [1.29, 1.82) is 0 Å². The van der Waals surface area contributed by atoms with E-state index in [-0.39, 0.29) is 4.88 Å². The van der Waals surface area contributed by atoms with Gasteiger partial charge in [-0.15, -0.1) is 11.3 Å². The average Bonchev–Trinajstić information content (AvgIpc) is 2.45. The van der Waals surface area contributed by atoms with E-state index in [0.717, 1.165) is 16.2 Å². The highest BCUT2D eigenvalue weighted by Gasteiger charge is 2.48. The van der Waals surface area contributed by atoms with Crippen molar-refractivity contribution in [2.45, 2.75) is 24.1 Å². The number of thiophene rings is 1. The molecule has 1 unspecified atom stereocenters. The Balaban J connectivity index is 2.99. The molecule has 1 atom stereocenters. The van der Waals surface area contributed by atoms with Gasteiger partial charge in [0, 0.05) is 14.2 Å². The lowest BCUT2D eigenvalue weighted by molar-refractivity contribution is -0.127. The first-order valence-electron chi connectivity index (χ1n) is 3.82. The van der Waals surface area contributed by atoms with Crippen LogP contribution >= 0.6 is 43.2 Å². The fourth-order valence-corrected chi connectivity index (χ4v) is 3.11. The van der Waals surface area contributed by atoms with Crippen LogP contribution in [0.4, 0.5) is 17.6 Å². The van der Waals surface area contributed by atoms with Crippen LogP contribution in [0.3, 0.4) is 0 Å². The number of hydrogen-bond donors (Lipinski definition) is 0. The lowest BCUT2D eigenvalue weighted by Gasteiger charge is -2.19. The van der Waals surface area contributed by atoms with Crippen LogP contribution in [-0.4, -0.2) is 12.3 Å². The summed E-state index contributed by atoms with van der Waals surface area (Å²) < 4.78 is 50.7. The van der Waals surface area contributed by atoms with Crippen LogP contribution in [0.1, 0.15) is 14.6 Å². The van der Waals surface area contributed by atoms with E-state index < -0.39 is 17.2 Å². The third-order valence-electron chi connectivity index (χ3n) is 1.75. The van der Waals surface area contributed by atoms with Gasteiger partial charge in [-0.25, -0.2) is 8.78 Å². The maximum atomic E-state index is 13.0. The molecule has 1 aromatic rings. The molecule has 0 radical (unpaired) electrons. The quantitative estimate of drug-likeness (QED) is 0.510. The second-order valence-corrected chi connectivity index (χ2v) is 5.95. The van der Waals surface area contributed by atoms with Crippen molar-refractivity contribution < 1.29 is 17.6 Å². The minimum Gasteiger partial charge on any atom is -0.204 e. The summed E-state index contributed by atoms with van der Waals surface area (Å²) in [7, 11) is 0. The van der Waals surface area contributed by atoms with Gasteiger partial charge in [-0.05, 0) is 28.9 Å². The SMILES string of the molecule is Cc1sc(C(Br)C(F)(F)C(F)F)cc1Br. The Morgan fingerprint density at radius 3 is 2.27 bits per heavy atom. The van der Waals surface area contributed by atoms with E-state index in [2.05, 4.69) is 31.9 Å². The van der Waals surface area contributed by atoms with Crippen LogP contribution in [0.25, 0.3) is 0 Å². The highest BCUT2D eigenvalue weighted by Crippen LogP contribution is 2.46. The van der Waals surface area contributed by atoms with E-state index in [9.17, 15) is 17.6 Å². The van der Waals surface area contributed by atoms with E-state index >= 15 is 0 Å². The van der Waals surface area contributed by atoms with Gasteiger partial charge in [0.15, 0.2) is 0 Å². The third kappa shape index (κ3) is 2.74. The summed E-state index contributed by atoms with van der Waals surface area (Å²) in [6.45, 7) is 1.72. The number of halogens is 6. The molecule has 0 aliphatic carbocycles. The summed E-state index contributed by atoms with van der Waals surface area (Å²) in [6, 6.07) is 1.43. The van der Waals surface area contributed by atoms with E-state index in [1.807, 2.05) is 0 Å². The minimum absolute atomic E-state index is 0.185. The van der Waals surface area contributed by atoms with Crippen LogP contribution in [0, 0.1) is 6.92 Å². The maximum Gasteiger partial charge on any atom is 0.324 e. The monoisotopic (exact) mass is 368 g/mol. The Bertz CT molecular complexity index is 331. The molecule has 7 heteroatoms. The van der Waals surface area contributed by atoms with Crippen LogP contribution < -0.4 is 0 Å². The van der Waals surface area contributed by atoms with Crippen molar-refractivity contribution in [2.24, 2.45) is 0 Å². The topological polar surface area (TPSA) is 0 Å². The Kier molecular flexibility index (Phi) is 4.22. The molecule has 0 spiro atoms. The van der Waals surface area contributed by atoms with E-state index in [1.165, 1.54) is 6.07 Å². The van der Waals surface area contributed by atoms with Gasteiger partial charge < -0.3 is 0 Å². The van der Waals surface area contributed by atoms with Crippen LogP contribution in [0.5, 0.6) is 0 Å². The van der Waals surface area contributed by atoms with Crippen molar-refractivity contribution >= 4 is 43.2 Å². The zero-order valence-corrected chi connectivity index (χ0v) is 11.4. The van der Waals surface area contributed by atoms with Crippen molar-refractivity contribution in [1.82, 2.24) is 0 Å². The fourth-order valence-electron chi connectivity index (χ4n) is 0.907. The summed E-state index contributed by atoms with van der Waals surface area (Å²) in [5.74, 6) is -4.06. The van der Waals surface area contributed by atoms with E-state index in [0.29, 0.717) is 4.47 Å². The van der Waals surface area contributed by atoms with Gasteiger partial charge in [0.25, 0.3) is 0 Å². The van der Waals surface area contributed by atoms with Crippen molar-refractivity contribution in [3.8, 4) is 0 Å². The summed E-state index contributed by atoms with van der Waals surface area (Å²) in [6.07, 6.45) is -3.68. The second kappa shape index (κ2) is 4.71.